The van der Waals surface area contributed by atoms with E-state index in [2.05, 4.69) is 78.9 Å². The van der Waals surface area contributed by atoms with Crippen LogP contribution in [0.2, 0.25) is 0 Å². The molecule has 1 fully saturated rings. The maximum atomic E-state index is 3.69. The molecule has 0 heterocycles. The van der Waals surface area contributed by atoms with Gasteiger partial charge in [-0.05, 0) is 54.5 Å². The van der Waals surface area contributed by atoms with Crippen LogP contribution >= 0.6 is 0 Å². The second-order valence-electron chi connectivity index (χ2n) is 8.37. The van der Waals surface area contributed by atoms with Gasteiger partial charge in [-0.15, -0.1) is 0 Å². The van der Waals surface area contributed by atoms with Gasteiger partial charge in [0, 0.05) is 26.3 Å². The Bertz CT molecular complexity index is 642. The maximum Gasteiger partial charge on any atom is 0.0361 e. The Morgan fingerprint density at radius 2 is 1.59 bits per heavy atom. The predicted molar refractivity (Wildman–Crippen MR) is 117 cm³/mol. The molecule has 0 aromatic heterocycles. The fourth-order valence-electron chi connectivity index (χ4n) is 4.46. The van der Waals surface area contributed by atoms with E-state index in [-0.39, 0.29) is 0 Å². The fourth-order valence-corrected chi connectivity index (χ4v) is 4.46. The number of hydrogen-bond donors (Lipinski definition) is 1. The molecule has 2 aromatic rings. The van der Waals surface area contributed by atoms with E-state index in [4.69, 9.17) is 0 Å². The van der Waals surface area contributed by atoms with Gasteiger partial charge < -0.3 is 10.2 Å². The van der Waals surface area contributed by atoms with E-state index in [0.717, 1.165) is 24.9 Å². The molecule has 2 heteroatoms. The molecule has 0 spiro atoms. The number of hydrogen-bond acceptors (Lipinski definition) is 2. The van der Waals surface area contributed by atoms with Gasteiger partial charge in [0.05, 0.1) is 0 Å². The highest BCUT2D eigenvalue weighted by Crippen LogP contribution is 2.33. The summed E-state index contributed by atoms with van der Waals surface area (Å²) in [5.74, 6) is 1.73. The molecule has 1 saturated carbocycles. The SMILES string of the molecule is CN(C)c1ccc(CNCCC(Cc2ccccc2)C2CCCCC2)cc1. The van der Waals surface area contributed by atoms with Gasteiger partial charge in [-0.1, -0.05) is 74.6 Å². The van der Waals surface area contributed by atoms with Gasteiger partial charge in [-0.2, -0.15) is 0 Å². The topological polar surface area (TPSA) is 15.3 Å². The van der Waals surface area contributed by atoms with Crippen molar-refractivity contribution in [3.8, 4) is 0 Å². The molecule has 3 rings (SSSR count). The zero-order valence-corrected chi connectivity index (χ0v) is 17.2. The maximum absolute atomic E-state index is 3.69. The molecule has 2 nitrogen and oxygen atoms in total. The van der Waals surface area contributed by atoms with Crippen molar-refractivity contribution in [1.82, 2.24) is 5.32 Å². The lowest BCUT2D eigenvalue weighted by Crippen LogP contribution is -2.25. The summed E-state index contributed by atoms with van der Waals surface area (Å²) in [4.78, 5) is 2.15. The lowest BCUT2D eigenvalue weighted by molar-refractivity contribution is 0.233. The van der Waals surface area contributed by atoms with E-state index in [1.807, 2.05) is 0 Å². The van der Waals surface area contributed by atoms with Crippen molar-refractivity contribution in [1.29, 1.82) is 0 Å². The summed E-state index contributed by atoms with van der Waals surface area (Å²) in [6.07, 6.45) is 9.70. The molecule has 0 bridgehead atoms. The lowest BCUT2D eigenvalue weighted by atomic mass is 9.76. The van der Waals surface area contributed by atoms with Crippen LogP contribution in [0.15, 0.2) is 54.6 Å². The molecule has 1 aliphatic rings. The van der Waals surface area contributed by atoms with Crippen molar-refractivity contribution in [2.24, 2.45) is 11.8 Å². The molecule has 1 unspecified atom stereocenters. The predicted octanol–water partition coefficient (Wildman–Crippen LogP) is 5.67. The third kappa shape index (κ3) is 6.39. The smallest absolute Gasteiger partial charge is 0.0361 e. The molecular weight excluding hydrogens is 328 g/mol. The van der Waals surface area contributed by atoms with Gasteiger partial charge in [0.1, 0.15) is 0 Å². The average Bonchev–Trinajstić information content (AvgIpc) is 2.72. The minimum absolute atomic E-state index is 0.816. The first-order chi connectivity index (χ1) is 13.2. The van der Waals surface area contributed by atoms with Crippen LogP contribution in [0, 0.1) is 11.8 Å². The van der Waals surface area contributed by atoms with Crippen LogP contribution in [0.4, 0.5) is 5.69 Å². The Hall–Kier alpha value is -1.80. The second-order valence-corrected chi connectivity index (χ2v) is 8.37. The zero-order chi connectivity index (χ0) is 18.9. The third-order valence-corrected chi connectivity index (χ3v) is 6.13. The minimum Gasteiger partial charge on any atom is -0.378 e. The van der Waals surface area contributed by atoms with Gasteiger partial charge in [-0.25, -0.2) is 0 Å². The molecule has 1 N–H and O–H groups in total. The lowest BCUT2D eigenvalue weighted by Gasteiger charge is -2.30. The standard InChI is InChI=1S/C25H36N2/c1-27(2)25-15-13-22(14-16-25)20-26-18-17-24(23-11-7-4-8-12-23)19-21-9-5-3-6-10-21/h3,5-6,9-10,13-16,23-24,26H,4,7-8,11-12,17-20H2,1-2H3. The summed E-state index contributed by atoms with van der Waals surface area (Å²) in [5.41, 5.74) is 4.14. The van der Waals surface area contributed by atoms with Gasteiger partial charge in [0.15, 0.2) is 0 Å². The van der Waals surface area contributed by atoms with Gasteiger partial charge >= 0.3 is 0 Å². The number of benzene rings is 2. The van der Waals surface area contributed by atoms with E-state index in [0.29, 0.717) is 0 Å². The molecule has 0 aliphatic heterocycles. The fraction of sp³-hybridized carbons (Fsp3) is 0.520. The number of rotatable bonds is 9. The van der Waals surface area contributed by atoms with Crippen molar-refractivity contribution >= 4 is 5.69 Å². The molecular formula is C25H36N2. The number of anilines is 1. The van der Waals surface area contributed by atoms with E-state index < -0.39 is 0 Å². The van der Waals surface area contributed by atoms with Crippen molar-refractivity contribution in [3.05, 3.63) is 65.7 Å². The second kappa shape index (κ2) is 10.5. The highest BCUT2D eigenvalue weighted by Gasteiger charge is 2.23. The van der Waals surface area contributed by atoms with Crippen LogP contribution < -0.4 is 10.2 Å². The Labute approximate surface area is 166 Å². The Balaban J connectivity index is 1.49. The van der Waals surface area contributed by atoms with Crippen LogP contribution in [0.1, 0.15) is 49.7 Å². The minimum atomic E-state index is 0.816. The molecule has 146 valence electrons. The van der Waals surface area contributed by atoms with Crippen molar-refractivity contribution in [3.63, 3.8) is 0 Å². The highest BCUT2D eigenvalue weighted by atomic mass is 15.1. The van der Waals surface area contributed by atoms with Crippen molar-refractivity contribution in [2.75, 3.05) is 25.5 Å². The van der Waals surface area contributed by atoms with Gasteiger partial charge in [0.2, 0.25) is 0 Å². The van der Waals surface area contributed by atoms with Gasteiger partial charge in [0.25, 0.3) is 0 Å². The van der Waals surface area contributed by atoms with Crippen LogP contribution in [0.5, 0.6) is 0 Å². The van der Waals surface area contributed by atoms with Crippen LogP contribution in [-0.2, 0) is 13.0 Å². The summed E-state index contributed by atoms with van der Waals surface area (Å²) < 4.78 is 0. The molecule has 27 heavy (non-hydrogen) atoms. The summed E-state index contributed by atoms with van der Waals surface area (Å²) in [6.45, 7) is 2.08. The molecule has 1 atom stereocenters. The number of nitrogens with one attached hydrogen (secondary N) is 1. The molecule has 2 aromatic carbocycles. The van der Waals surface area contributed by atoms with E-state index in [1.54, 1.807) is 0 Å². The number of nitrogens with zero attached hydrogens (tertiary/aromatic N) is 1. The van der Waals surface area contributed by atoms with Crippen molar-refractivity contribution in [2.45, 2.75) is 51.5 Å². The zero-order valence-electron chi connectivity index (χ0n) is 17.2. The van der Waals surface area contributed by atoms with Crippen LogP contribution in [0.3, 0.4) is 0 Å². The molecule has 1 aliphatic carbocycles. The third-order valence-electron chi connectivity index (χ3n) is 6.13. The summed E-state index contributed by atoms with van der Waals surface area (Å²) in [6, 6.07) is 20.0. The molecule has 0 amide bonds. The van der Waals surface area contributed by atoms with Crippen LogP contribution in [-0.4, -0.2) is 20.6 Å². The summed E-state index contributed by atoms with van der Waals surface area (Å²) >= 11 is 0. The van der Waals surface area contributed by atoms with Crippen molar-refractivity contribution < 1.29 is 0 Å². The Kier molecular flexibility index (Phi) is 7.77. The summed E-state index contributed by atoms with van der Waals surface area (Å²) in [7, 11) is 4.18. The highest BCUT2D eigenvalue weighted by molar-refractivity contribution is 5.45. The van der Waals surface area contributed by atoms with Gasteiger partial charge in [-0.3, -0.25) is 0 Å². The normalized spacial score (nSPS) is 16.2. The Morgan fingerprint density at radius 3 is 2.26 bits per heavy atom. The molecule has 0 saturated heterocycles. The first-order valence-corrected chi connectivity index (χ1v) is 10.7. The molecule has 0 radical (unpaired) electrons. The summed E-state index contributed by atoms with van der Waals surface area (Å²) in [5, 5.41) is 3.69. The monoisotopic (exact) mass is 364 g/mol. The quantitative estimate of drug-likeness (QED) is 0.577. The average molecular weight is 365 g/mol. The first kappa shape index (κ1) is 19.9. The Morgan fingerprint density at radius 1 is 0.889 bits per heavy atom. The van der Waals surface area contributed by atoms with E-state index >= 15 is 0 Å². The van der Waals surface area contributed by atoms with E-state index in [9.17, 15) is 0 Å². The first-order valence-electron chi connectivity index (χ1n) is 10.7. The van der Waals surface area contributed by atoms with Crippen LogP contribution in [0.25, 0.3) is 0 Å². The largest absolute Gasteiger partial charge is 0.378 e. The van der Waals surface area contributed by atoms with E-state index in [1.165, 1.54) is 61.8 Å².